The highest BCUT2D eigenvalue weighted by atomic mass is 16.5. The highest BCUT2D eigenvalue weighted by molar-refractivity contribution is 5.78. The fourth-order valence-corrected chi connectivity index (χ4v) is 4.56. The zero-order valence-corrected chi connectivity index (χ0v) is 18.7. The van der Waals surface area contributed by atoms with E-state index in [1.165, 1.54) is 0 Å². The van der Waals surface area contributed by atoms with Crippen LogP contribution in [0.15, 0.2) is 33.6 Å². The third-order valence-corrected chi connectivity index (χ3v) is 6.64. The lowest BCUT2D eigenvalue weighted by molar-refractivity contribution is -0.133. The third kappa shape index (κ3) is 4.07. The van der Waals surface area contributed by atoms with Gasteiger partial charge in [0.15, 0.2) is 0 Å². The van der Waals surface area contributed by atoms with Gasteiger partial charge in [0.25, 0.3) is 5.56 Å². The van der Waals surface area contributed by atoms with Gasteiger partial charge >= 0.3 is 0 Å². The van der Waals surface area contributed by atoms with Crippen LogP contribution >= 0.6 is 0 Å². The van der Waals surface area contributed by atoms with Crippen molar-refractivity contribution >= 4 is 16.8 Å². The number of hydrogen-bond donors (Lipinski definition) is 0. The number of fused-ring (bicyclic) bond motifs is 1. The molecule has 0 unspecified atom stereocenters. The molecule has 32 heavy (non-hydrogen) atoms. The normalized spacial score (nSPS) is 17.2. The van der Waals surface area contributed by atoms with Crippen LogP contribution in [-0.4, -0.2) is 56.6 Å². The lowest BCUT2D eigenvalue weighted by Crippen LogP contribution is -2.48. The van der Waals surface area contributed by atoms with Crippen molar-refractivity contribution in [1.82, 2.24) is 24.5 Å². The Morgan fingerprint density at radius 3 is 2.56 bits per heavy atom. The number of para-hydroxylation sites is 1. The van der Waals surface area contributed by atoms with Gasteiger partial charge in [-0.25, -0.2) is 4.98 Å². The Bertz CT molecular complexity index is 1180. The van der Waals surface area contributed by atoms with Gasteiger partial charge in [-0.3, -0.25) is 19.1 Å². The van der Waals surface area contributed by atoms with Gasteiger partial charge in [0.1, 0.15) is 11.6 Å². The molecule has 8 nitrogen and oxygen atoms in total. The molecular weight excluding hydrogens is 406 g/mol. The second kappa shape index (κ2) is 8.50. The summed E-state index contributed by atoms with van der Waals surface area (Å²) < 4.78 is 7.10. The Kier molecular flexibility index (Phi) is 5.55. The van der Waals surface area contributed by atoms with Gasteiger partial charge in [-0.15, -0.1) is 0 Å². The van der Waals surface area contributed by atoms with Gasteiger partial charge in [-0.05, 0) is 38.8 Å². The summed E-state index contributed by atoms with van der Waals surface area (Å²) in [4.78, 5) is 34.9. The molecule has 2 fully saturated rings. The number of carbonyl (C=O) groups excluding carboxylic acids is 1. The monoisotopic (exact) mass is 435 g/mol. The standard InChI is InChI=1S/C24H29N5O3/c1-16-20(17(2)32-26-16)15-27-11-13-28(14-12-27)23(30)10-9-22-25-21-6-4-3-5-19(21)24(31)29(22)18-7-8-18/h3-6,18H,7-15H2,1-2H3. The van der Waals surface area contributed by atoms with E-state index in [4.69, 9.17) is 9.51 Å². The van der Waals surface area contributed by atoms with E-state index in [9.17, 15) is 9.59 Å². The molecule has 8 heteroatoms. The molecule has 0 atom stereocenters. The van der Waals surface area contributed by atoms with Crippen molar-refractivity contribution in [2.75, 3.05) is 26.2 Å². The first kappa shape index (κ1) is 20.9. The van der Waals surface area contributed by atoms with Crippen LogP contribution in [0.3, 0.4) is 0 Å². The van der Waals surface area contributed by atoms with Crippen LogP contribution < -0.4 is 5.56 Å². The van der Waals surface area contributed by atoms with E-state index >= 15 is 0 Å². The fraction of sp³-hybridized carbons (Fsp3) is 0.500. The van der Waals surface area contributed by atoms with E-state index < -0.39 is 0 Å². The molecule has 0 bridgehead atoms. The first-order valence-electron chi connectivity index (χ1n) is 11.4. The molecule has 168 valence electrons. The zero-order valence-electron chi connectivity index (χ0n) is 18.7. The lowest BCUT2D eigenvalue weighted by atomic mass is 10.1. The van der Waals surface area contributed by atoms with Gasteiger partial charge in [0.05, 0.1) is 16.6 Å². The number of carbonyl (C=O) groups is 1. The third-order valence-electron chi connectivity index (χ3n) is 6.64. The van der Waals surface area contributed by atoms with Gasteiger partial charge in [0.2, 0.25) is 5.91 Å². The number of piperazine rings is 1. The van der Waals surface area contributed by atoms with Crippen LogP contribution in [-0.2, 0) is 17.8 Å². The minimum atomic E-state index is 0.0217. The second-order valence-electron chi connectivity index (χ2n) is 8.91. The van der Waals surface area contributed by atoms with Crippen molar-refractivity contribution in [3.8, 4) is 0 Å². The van der Waals surface area contributed by atoms with Crippen molar-refractivity contribution in [3.05, 3.63) is 57.5 Å². The molecule has 1 saturated heterocycles. The van der Waals surface area contributed by atoms with Gasteiger partial charge in [-0.1, -0.05) is 17.3 Å². The smallest absolute Gasteiger partial charge is 0.261 e. The molecule has 0 radical (unpaired) electrons. The second-order valence-corrected chi connectivity index (χ2v) is 8.91. The van der Waals surface area contributed by atoms with Crippen LogP contribution in [0.1, 0.15) is 48.1 Å². The average molecular weight is 436 g/mol. The van der Waals surface area contributed by atoms with Crippen molar-refractivity contribution in [3.63, 3.8) is 0 Å². The van der Waals surface area contributed by atoms with E-state index in [1.807, 2.05) is 47.6 Å². The number of benzene rings is 1. The first-order valence-corrected chi connectivity index (χ1v) is 11.4. The number of hydrogen-bond acceptors (Lipinski definition) is 6. The molecule has 1 aliphatic heterocycles. The SMILES string of the molecule is Cc1noc(C)c1CN1CCN(C(=O)CCc2nc3ccccc3c(=O)n2C2CC2)CC1. The van der Waals surface area contributed by atoms with Gasteiger partial charge in [-0.2, -0.15) is 0 Å². The largest absolute Gasteiger partial charge is 0.361 e. The number of amides is 1. The summed E-state index contributed by atoms with van der Waals surface area (Å²) in [5.41, 5.74) is 2.81. The molecule has 3 aromatic rings. The molecule has 1 amide bonds. The molecule has 5 rings (SSSR count). The number of aryl methyl sites for hydroxylation is 3. The van der Waals surface area contributed by atoms with Gasteiger partial charge < -0.3 is 9.42 Å². The van der Waals surface area contributed by atoms with Crippen molar-refractivity contribution in [2.24, 2.45) is 0 Å². The van der Waals surface area contributed by atoms with Gasteiger partial charge in [0, 0.05) is 57.2 Å². The summed E-state index contributed by atoms with van der Waals surface area (Å²) in [5.74, 6) is 1.74. The Hall–Kier alpha value is -3.00. The minimum Gasteiger partial charge on any atom is -0.361 e. The summed E-state index contributed by atoms with van der Waals surface area (Å²) in [7, 11) is 0. The molecule has 2 aliphatic rings. The highest BCUT2D eigenvalue weighted by Gasteiger charge is 2.29. The minimum absolute atomic E-state index is 0.0217. The van der Waals surface area contributed by atoms with Crippen molar-refractivity contribution in [2.45, 2.75) is 52.1 Å². The Morgan fingerprint density at radius 1 is 1.12 bits per heavy atom. The molecule has 0 N–H and O–H groups in total. The molecule has 1 saturated carbocycles. The fourth-order valence-electron chi connectivity index (χ4n) is 4.56. The quantitative estimate of drug-likeness (QED) is 0.592. The summed E-state index contributed by atoms with van der Waals surface area (Å²) >= 11 is 0. The van der Waals surface area contributed by atoms with Crippen LogP contribution in [0.4, 0.5) is 0 Å². The van der Waals surface area contributed by atoms with Crippen LogP contribution in [0.2, 0.25) is 0 Å². The van der Waals surface area contributed by atoms with Crippen LogP contribution in [0, 0.1) is 13.8 Å². The van der Waals surface area contributed by atoms with Crippen LogP contribution in [0.5, 0.6) is 0 Å². The van der Waals surface area contributed by atoms with E-state index in [0.29, 0.717) is 36.8 Å². The maximum Gasteiger partial charge on any atom is 0.261 e. The van der Waals surface area contributed by atoms with E-state index in [-0.39, 0.29) is 17.5 Å². The predicted molar refractivity (Wildman–Crippen MR) is 120 cm³/mol. The van der Waals surface area contributed by atoms with E-state index in [2.05, 4.69) is 10.1 Å². The van der Waals surface area contributed by atoms with Crippen LogP contribution in [0.25, 0.3) is 10.9 Å². The van der Waals surface area contributed by atoms with Crippen molar-refractivity contribution in [1.29, 1.82) is 0 Å². The molecule has 1 aromatic carbocycles. The number of rotatable bonds is 6. The Balaban J connectivity index is 1.22. The molecule has 3 heterocycles. The average Bonchev–Trinajstić information content (AvgIpc) is 3.59. The summed E-state index contributed by atoms with van der Waals surface area (Å²) in [6, 6.07) is 7.71. The molecule has 0 spiro atoms. The van der Waals surface area contributed by atoms with E-state index in [0.717, 1.165) is 55.3 Å². The first-order chi connectivity index (χ1) is 15.5. The summed E-state index contributed by atoms with van der Waals surface area (Å²) in [6.07, 6.45) is 2.89. The number of nitrogens with zero attached hydrogens (tertiary/aromatic N) is 5. The summed E-state index contributed by atoms with van der Waals surface area (Å²) in [6.45, 7) is 7.79. The molecule has 1 aliphatic carbocycles. The maximum absolute atomic E-state index is 13.0. The van der Waals surface area contributed by atoms with Crippen molar-refractivity contribution < 1.29 is 9.32 Å². The zero-order chi connectivity index (χ0) is 22.2. The maximum atomic E-state index is 13.0. The molecule has 2 aromatic heterocycles. The Labute approximate surface area is 186 Å². The van der Waals surface area contributed by atoms with E-state index in [1.54, 1.807) is 0 Å². The predicted octanol–water partition coefficient (Wildman–Crippen LogP) is 2.61. The summed E-state index contributed by atoms with van der Waals surface area (Å²) in [5, 5.41) is 4.69. The highest BCUT2D eigenvalue weighted by Crippen LogP contribution is 2.35. The molecular formula is C24H29N5O3. The topological polar surface area (TPSA) is 84.5 Å². The lowest BCUT2D eigenvalue weighted by Gasteiger charge is -2.34. The number of aromatic nitrogens is 3. The Morgan fingerprint density at radius 2 is 1.88 bits per heavy atom.